The molecule has 1 aromatic rings. The Morgan fingerprint density at radius 1 is 1.09 bits per heavy atom. The van der Waals surface area contributed by atoms with Crippen molar-refractivity contribution in [2.24, 2.45) is 5.41 Å². The number of hydrazine groups is 1. The molecule has 3 aliphatic rings. The van der Waals surface area contributed by atoms with Crippen molar-refractivity contribution < 1.29 is 18.0 Å². The van der Waals surface area contributed by atoms with Crippen LogP contribution in [0.3, 0.4) is 0 Å². The van der Waals surface area contributed by atoms with E-state index in [1.54, 1.807) is 12.1 Å². The predicted octanol–water partition coefficient (Wildman–Crippen LogP) is 2.86. The summed E-state index contributed by atoms with van der Waals surface area (Å²) in [6.07, 6.45) is 2.19. The van der Waals surface area contributed by atoms with Crippen molar-refractivity contribution in [1.29, 1.82) is 0 Å². The van der Waals surface area contributed by atoms with Gasteiger partial charge in [0, 0.05) is 12.7 Å². The number of halogens is 3. The molecular weight excluding hydrogens is 307 g/mol. The summed E-state index contributed by atoms with van der Waals surface area (Å²) in [5.74, 6) is 0.213. The molecule has 2 heterocycles. The van der Waals surface area contributed by atoms with E-state index in [9.17, 15) is 18.0 Å². The third kappa shape index (κ3) is 2.94. The first-order valence-electron chi connectivity index (χ1n) is 7.91. The Hall–Kier alpha value is -1.63. The molecular formula is C16H20F3N3O. The van der Waals surface area contributed by atoms with Gasteiger partial charge in [0.2, 0.25) is 5.91 Å². The van der Waals surface area contributed by atoms with Crippen LogP contribution >= 0.6 is 0 Å². The Morgan fingerprint density at radius 3 is 2.22 bits per heavy atom. The first-order valence-corrected chi connectivity index (χ1v) is 7.91. The minimum Gasteiger partial charge on any atom is -0.291 e. The van der Waals surface area contributed by atoms with Crippen LogP contribution in [-0.4, -0.2) is 23.6 Å². The number of alkyl halides is 3. The van der Waals surface area contributed by atoms with Gasteiger partial charge < -0.3 is 0 Å². The fraction of sp³-hybridized carbons (Fsp3) is 0.625. The van der Waals surface area contributed by atoms with Crippen molar-refractivity contribution in [3.8, 4) is 0 Å². The lowest BCUT2D eigenvalue weighted by atomic mass is 9.87. The molecule has 2 saturated carbocycles. The van der Waals surface area contributed by atoms with E-state index in [0.29, 0.717) is 0 Å². The van der Waals surface area contributed by atoms with Crippen molar-refractivity contribution >= 4 is 5.91 Å². The molecule has 0 bridgehead atoms. The van der Waals surface area contributed by atoms with Crippen LogP contribution in [0.15, 0.2) is 24.4 Å². The van der Waals surface area contributed by atoms with Crippen molar-refractivity contribution in [2.45, 2.75) is 50.1 Å². The van der Waals surface area contributed by atoms with Crippen LogP contribution in [0.25, 0.3) is 0 Å². The van der Waals surface area contributed by atoms with Gasteiger partial charge in [-0.3, -0.25) is 15.2 Å². The molecule has 0 atom stereocenters. The first kappa shape index (κ1) is 16.2. The van der Waals surface area contributed by atoms with E-state index in [1.807, 2.05) is 0 Å². The van der Waals surface area contributed by atoms with Gasteiger partial charge in [0.25, 0.3) is 0 Å². The number of rotatable bonds is 1. The van der Waals surface area contributed by atoms with Crippen molar-refractivity contribution in [3.63, 3.8) is 0 Å². The monoisotopic (exact) mass is 327 g/mol. The van der Waals surface area contributed by atoms with Crippen LogP contribution in [0, 0.1) is 5.41 Å². The summed E-state index contributed by atoms with van der Waals surface area (Å²) in [5, 5.41) is 0. The van der Waals surface area contributed by atoms with E-state index in [4.69, 9.17) is 0 Å². The van der Waals surface area contributed by atoms with Crippen molar-refractivity contribution in [3.05, 3.63) is 30.1 Å². The second-order valence-electron chi connectivity index (χ2n) is 6.59. The molecule has 2 N–H and O–H groups in total. The first-order chi connectivity index (χ1) is 10.9. The SMILES string of the molecule is FC(F)(F)C1(c2ccccn2)CC1.O=C1NNCC12CCCC2. The number of aromatic nitrogens is 1. The van der Waals surface area contributed by atoms with Crippen molar-refractivity contribution in [2.75, 3.05) is 6.54 Å². The summed E-state index contributed by atoms with van der Waals surface area (Å²) in [7, 11) is 0. The van der Waals surface area contributed by atoms with E-state index in [0.717, 1.165) is 19.4 Å². The Kier molecular flexibility index (Phi) is 4.08. The maximum Gasteiger partial charge on any atom is 0.399 e. The highest BCUT2D eigenvalue weighted by Gasteiger charge is 2.65. The van der Waals surface area contributed by atoms with Gasteiger partial charge in [-0.2, -0.15) is 13.2 Å². The maximum atomic E-state index is 12.5. The summed E-state index contributed by atoms with van der Waals surface area (Å²) in [4.78, 5) is 15.0. The Balaban J connectivity index is 0.000000140. The van der Waals surface area contributed by atoms with E-state index < -0.39 is 11.6 Å². The van der Waals surface area contributed by atoms with Gasteiger partial charge in [0.05, 0.1) is 11.1 Å². The Bertz CT molecular complexity index is 558. The van der Waals surface area contributed by atoms with Gasteiger partial charge in [-0.1, -0.05) is 18.9 Å². The van der Waals surface area contributed by atoms with Gasteiger partial charge in [-0.05, 0) is 37.8 Å². The fourth-order valence-electron chi connectivity index (χ4n) is 3.42. The number of nitrogens with zero attached hydrogens (tertiary/aromatic N) is 1. The van der Waals surface area contributed by atoms with Gasteiger partial charge in [-0.25, -0.2) is 5.43 Å². The fourth-order valence-corrected chi connectivity index (χ4v) is 3.42. The molecule has 7 heteroatoms. The largest absolute Gasteiger partial charge is 0.399 e. The predicted molar refractivity (Wildman–Crippen MR) is 78.3 cm³/mol. The molecule has 1 aromatic heterocycles. The molecule has 1 aliphatic heterocycles. The van der Waals surface area contributed by atoms with Gasteiger partial charge in [0.15, 0.2) is 0 Å². The zero-order valence-corrected chi connectivity index (χ0v) is 12.7. The van der Waals surface area contributed by atoms with E-state index in [-0.39, 0.29) is 29.9 Å². The van der Waals surface area contributed by atoms with Crippen LogP contribution in [0.1, 0.15) is 44.2 Å². The second kappa shape index (κ2) is 5.78. The minimum atomic E-state index is -4.15. The number of hydrogen-bond donors (Lipinski definition) is 2. The highest BCUT2D eigenvalue weighted by molar-refractivity contribution is 5.84. The number of amides is 1. The normalized spacial score (nSPS) is 24.0. The second-order valence-corrected chi connectivity index (χ2v) is 6.59. The molecule has 0 radical (unpaired) electrons. The molecule has 2 aliphatic carbocycles. The van der Waals surface area contributed by atoms with Crippen LogP contribution in [0.2, 0.25) is 0 Å². The topological polar surface area (TPSA) is 54.0 Å². The van der Waals surface area contributed by atoms with Crippen LogP contribution in [0.5, 0.6) is 0 Å². The Morgan fingerprint density at radius 2 is 1.78 bits per heavy atom. The van der Waals surface area contributed by atoms with E-state index >= 15 is 0 Å². The van der Waals surface area contributed by atoms with E-state index in [1.165, 1.54) is 25.1 Å². The molecule has 126 valence electrons. The molecule has 0 unspecified atom stereocenters. The van der Waals surface area contributed by atoms with Gasteiger partial charge in [0.1, 0.15) is 5.41 Å². The average Bonchev–Trinajstić information content (AvgIpc) is 3.11. The lowest BCUT2D eigenvalue weighted by Gasteiger charge is -2.17. The molecule has 1 saturated heterocycles. The van der Waals surface area contributed by atoms with Crippen LogP contribution in [0.4, 0.5) is 13.2 Å². The summed E-state index contributed by atoms with van der Waals surface area (Å²) in [5.41, 5.74) is 4.08. The zero-order chi connectivity index (χ0) is 16.6. The highest BCUT2D eigenvalue weighted by atomic mass is 19.4. The van der Waals surface area contributed by atoms with Crippen LogP contribution in [-0.2, 0) is 10.2 Å². The molecule has 23 heavy (non-hydrogen) atoms. The quantitative estimate of drug-likeness (QED) is 0.834. The number of nitrogens with one attached hydrogen (secondary N) is 2. The lowest BCUT2D eigenvalue weighted by Crippen LogP contribution is -2.30. The molecule has 3 fully saturated rings. The summed E-state index contributed by atoms with van der Waals surface area (Å²) in [6.45, 7) is 0.839. The number of carbonyl (C=O) groups is 1. The molecule has 1 spiro atoms. The standard InChI is InChI=1S/C9H8F3N.C7H12N2O/c10-9(11,12)8(4-5-8)7-3-1-2-6-13-7;10-6-7(5-8-9-6)3-1-2-4-7/h1-3,6H,4-5H2;8H,1-5H2,(H,9,10). The maximum absolute atomic E-state index is 12.5. The molecule has 4 nitrogen and oxygen atoms in total. The minimum absolute atomic E-state index is 0.0139. The third-order valence-corrected chi connectivity index (χ3v) is 5.12. The van der Waals surface area contributed by atoms with Gasteiger partial charge >= 0.3 is 6.18 Å². The molecule has 1 amide bonds. The van der Waals surface area contributed by atoms with Crippen LogP contribution < -0.4 is 10.9 Å². The summed E-state index contributed by atoms with van der Waals surface area (Å²) < 4.78 is 37.6. The highest BCUT2D eigenvalue weighted by Crippen LogP contribution is 2.58. The number of hydrogen-bond acceptors (Lipinski definition) is 3. The summed E-state index contributed by atoms with van der Waals surface area (Å²) >= 11 is 0. The molecule has 4 rings (SSSR count). The number of pyridine rings is 1. The smallest absolute Gasteiger partial charge is 0.291 e. The van der Waals surface area contributed by atoms with Crippen molar-refractivity contribution in [1.82, 2.24) is 15.8 Å². The summed E-state index contributed by atoms with van der Waals surface area (Å²) in [6, 6.07) is 4.66. The Labute approximate surface area is 132 Å². The van der Waals surface area contributed by atoms with Gasteiger partial charge in [-0.15, -0.1) is 0 Å². The third-order valence-electron chi connectivity index (χ3n) is 5.12. The molecule has 0 aromatic carbocycles. The zero-order valence-electron chi connectivity index (χ0n) is 12.7. The number of carbonyl (C=O) groups excluding carboxylic acids is 1. The van der Waals surface area contributed by atoms with E-state index in [2.05, 4.69) is 15.8 Å². The lowest BCUT2D eigenvalue weighted by molar-refractivity contribution is -0.161. The average molecular weight is 327 g/mol.